The second-order valence-corrected chi connectivity index (χ2v) is 8.95. The third-order valence-corrected chi connectivity index (χ3v) is 6.17. The Balaban J connectivity index is 1.91. The maximum Gasteiger partial charge on any atom is 0.0991 e. The molecular weight excluding hydrogens is 470 g/mol. The van der Waals surface area contributed by atoms with Crippen LogP contribution in [0.3, 0.4) is 0 Å². The van der Waals surface area contributed by atoms with Gasteiger partial charge in [-0.15, -0.1) is 0 Å². The number of hydrogen-bond donors (Lipinski definition) is 1. The van der Waals surface area contributed by atoms with Gasteiger partial charge in [0.15, 0.2) is 0 Å². The van der Waals surface area contributed by atoms with E-state index in [2.05, 4.69) is 46.4 Å². The number of nitriles is 2. The number of rotatable bonds is 8. The van der Waals surface area contributed by atoms with Gasteiger partial charge in [-0.2, -0.15) is 10.5 Å². The van der Waals surface area contributed by atoms with Crippen LogP contribution in [-0.4, -0.2) is 6.04 Å². The van der Waals surface area contributed by atoms with Crippen LogP contribution < -0.4 is 5.32 Å². The normalized spacial score (nSPS) is 13.6. The second kappa shape index (κ2) is 11.1. The molecule has 0 aliphatic heterocycles. The molecule has 1 N–H and O–H groups in total. The molecular formula is C26H23BrClN3. The van der Waals surface area contributed by atoms with Crippen molar-refractivity contribution in [3.05, 3.63) is 105 Å². The zero-order chi connectivity index (χ0) is 22.2. The molecule has 3 aromatic rings. The van der Waals surface area contributed by atoms with Crippen LogP contribution >= 0.6 is 27.5 Å². The topological polar surface area (TPSA) is 59.6 Å². The van der Waals surface area contributed by atoms with Crippen molar-refractivity contribution in [3.63, 3.8) is 0 Å². The lowest BCUT2D eigenvalue weighted by Crippen LogP contribution is -2.36. The summed E-state index contributed by atoms with van der Waals surface area (Å²) in [6, 6.07) is 28.2. The second-order valence-electron chi connectivity index (χ2n) is 7.60. The monoisotopic (exact) mass is 491 g/mol. The quantitative estimate of drug-likeness (QED) is 0.371. The summed E-state index contributed by atoms with van der Waals surface area (Å²) in [5, 5.41) is 23.2. The molecule has 31 heavy (non-hydrogen) atoms. The van der Waals surface area contributed by atoms with Crippen LogP contribution in [0.4, 0.5) is 0 Å². The van der Waals surface area contributed by atoms with Crippen molar-refractivity contribution in [3.8, 4) is 12.1 Å². The molecule has 0 amide bonds. The van der Waals surface area contributed by atoms with Crippen LogP contribution in [0.5, 0.6) is 0 Å². The average Bonchev–Trinajstić information content (AvgIpc) is 2.78. The zero-order valence-corrected chi connectivity index (χ0v) is 19.6. The van der Waals surface area contributed by atoms with Gasteiger partial charge in [-0.3, -0.25) is 0 Å². The van der Waals surface area contributed by atoms with E-state index in [4.69, 9.17) is 11.6 Å². The van der Waals surface area contributed by atoms with E-state index < -0.39 is 0 Å². The molecule has 1 unspecified atom stereocenters. The van der Waals surface area contributed by atoms with Crippen molar-refractivity contribution < 1.29 is 0 Å². The molecule has 0 heterocycles. The van der Waals surface area contributed by atoms with Gasteiger partial charge in [0, 0.05) is 27.5 Å². The minimum atomic E-state index is -0.0932. The highest BCUT2D eigenvalue weighted by Gasteiger charge is 2.24. The minimum Gasteiger partial charge on any atom is -0.306 e. The Labute approximate surface area is 197 Å². The van der Waals surface area contributed by atoms with Crippen LogP contribution in [-0.2, 0) is 6.42 Å². The van der Waals surface area contributed by atoms with E-state index in [9.17, 15) is 10.5 Å². The summed E-state index contributed by atoms with van der Waals surface area (Å²) in [7, 11) is 0. The predicted octanol–water partition coefficient (Wildman–Crippen LogP) is 6.93. The van der Waals surface area contributed by atoms with Gasteiger partial charge in [0.1, 0.15) is 0 Å². The van der Waals surface area contributed by atoms with Crippen molar-refractivity contribution in [2.75, 3.05) is 0 Å². The fourth-order valence-electron chi connectivity index (χ4n) is 3.82. The van der Waals surface area contributed by atoms with Gasteiger partial charge < -0.3 is 5.32 Å². The van der Waals surface area contributed by atoms with Gasteiger partial charge in [-0.25, -0.2) is 0 Å². The van der Waals surface area contributed by atoms with Crippen molar-refractivity contribution >= 4 is 27.5 Å². The first-order valence-corrected chi connectivity index (χ1v) is 11.3. The summed E-state index contributed by atoms with van der Waals surface area (Å²) in [6.45, 7) is 2.14. The van der Waals surface area contributed by atoms with Crippen molar-refractivity contribution in [2.24, 2.45) is 0 Å². The van der Waals surface area contributed by atoms with Crippen LogP contribution in [0, 0.1) is 22.7 Å². The lowest BCUT2D eigenvalue weighted by molar-refractivity contribution is 0.401. The van der Waals surface area contributed by atoms with Gasteiger partial charge in [0.25, 0.3) is 0 Å². The van der Waals surface area contributed by atoms with Crippen LogP contribution in [0.15, 0.2) is 77.3 Å². The van der Waals surface area contributed by atoms with E-state index in [1.807, 2.05) is 66.7 Å². The van der Waals surface area contributed by atoms with E-state index in [0.717, 1.165) is 22.0 Å². The largest absolute Gasteiger partial charge is 0.306 e. The Morgan fingerprint density at radius 3 is 2.35 bits per heavy atom. The van der Waals surface area contributed by atoms with Crippen LogP contribution in [0.1, 0.15) is 47.6 Å². The molecule has 0 fully saturated rings. The number of halogens is 2. The lowest BCUT2D eigenvalue weighted by Gasteiger charge is -2.30. The molecule has 0 radical (unpaired) electrons. The van der Waals surface area contributed by atoms with E-state index >= 15 is 0 Å². The molecule has 3 atom stereocenters. The fourth-order valence-corrected chi connectivity index (χ4v) is 4.36. The molecule has 0 bridgehead atoms. The lowest BCUT2D eigenvalue weighted by atomic mass is 9.85. The van der Waals surface area contributed by atoms with Crippen molar-refractivity contribution in [1.82, 2.24) is 5.32 Å². The molecule has 3 nitrogen and oxygen atoms in total. The molecule has 0 aliphatic carbocycles. The van der Waals surface area contributed by atoms with Gasteiger partial charge in [-0.05, 0) is 66.4 Å². The summed E-state index contributed by atoms with van der Waals surface area (Å²) in [6.07, 6.45) is 1.16. The van der Waals surface area contributed by atoms with Gasteiger partial charge in [-0.1, -0.05) is 63.9 Å². The summed E-state index contributed by atoms with van der Waals surface area (Å²) in [5.74, 6) is 0.114. The Bertz CT molecular complexity index is 1100. The molecule has 3 rings (SSSR count). The third kappa shape index (κ3) is 6.42. The number of hydrogen-bond acceptors (Lipinski definition) is 3. The highest BCUT2D eigenvalue weighted by atomic mass is 79.9. The maximum absolute atomic E-state index is 9.42. The van der Waals surface area contributed by atoms with E-state index in [0.29, 0.717) is 17.0 Å². The molecule has 3 aromatic carbocycles. The highest BCUT2D eigenvalue weighted by molar-refractivity contribution is 9.10. The van der Waals surface area contributed by atoms with E-state index in [-0.39, 0.29) is 18.0 Å². The minimum absolute atomic E-state index is 0.0574. The average molecular weight is 493 g/mol. The first-order chi connectivity index (χ1) is 15.0. The van der Waals surface area contributed by atoms with Gasteiger partial charge in [0.2, 0.25) is 0 Å². The maximum atomic E-state index is 9.42. The Hall–Kier alpha value is -2.63. The molecule has 5 heteroatoms. The van der Waals surface area contributed by atoms with Gasteiger partial charge in [0.05, 0.1) is 24.1 Å². The van der Waals surface area contributed by atoms with E-state index in [1.165, 1.54) is 5.56 Å². The smallest absolute Gasteiger partial charge is 0.0991 e. The summed E-state index contributed by atoms with van der Waals surface area (Å²) in [5.41, 5.74) is 3.98. The molecule has 0 spiro atoms. The fraction of sp³-hybridized carbons (Fsp3) is 0.231. The zero-order valence-electron chi connectivity index (χ0n) is 17.2. The standard InChI is InChI=1S/C26H23BrClN3/c1-18(31-26(12-13-29)22-6-3-7-23(27)16-22)25(15-19-8-10-24(28)11-9-19)21-5-2-4-20(14-21)17-30/h2-11,14,16,18,25-26,31H,12,15H2,1H3/t18-,25?,26-/m0/s1. The molecule has 156 valence electrons. The SMILES string of the molecule is C[C@H](N[C@@H](CC#N)c1cccc(Br)c1)C(Cc1ccc(Cl)cc1)c1cccc(C#N)c1. The third-order valence-electron chi connectivity index (χ3n) is 5.43. The Morgan fingerprint density at radius 1 is 0.968 bits per heavy atom. The van der Waals surface area contributed by atoms with Crippen LogP contribution in [0.2, 0.25) is 5.02 Å². The molecule has 0 saturated heterocycles. The molecule has 0 saturated carbocycles. The summed E-state index contributed by atoms with van der Waals surface area (Å²) < 4.78 is 0.988. The first kappa shape index (κ1) is 23.0. The summed E-state index contributed by atoms with van der Waals surface area (Å²) >= 11 is 9.60. The van der Waals surface area contributed by atoms with Crippen LogP contribution in [0.25, 0.3) is 0 Å². The highest BCUT2D eigenvalue weighted by Crippen LogP contribution is 2.29. The molecule has 0 aromatic heterocycles. The Kier molecular flexibility index (Phi) is 8.27. The summed E-state index contributed by atoms with van der Waals surface area (Å²) in [4.78, 5) is 0. The van der Waals surface area contributed by atoms with Crippen molar-refractivity contribution in [2.45, 2.75) is 37.8 Å². The number of nitrogens with zero attached hydrogens (tertiary/aromatic N) is 2. The number of benzene rings is 3. The molecule has 0 aliphatic rings. The predicted molar refractivity (Wildman–Crippen MR) is 129 cm³/mol. The van der Waals surface area contributed by atoms with Crippen molar-refractivity contribution in [1.29, 1.82) is 10.5 Å². The van der Waals surface area contributed by atoms with E-state index in [1.54, 1.807) is 0 Å². The number of nitrogens with one attached hydrogen (secondary N) is 1. The Morgan fingerprint density at radius 2 is 1.68 bits per heavy atom. The van der Waals surface area contributed by atoms with Gasteiger partial charge >= 0.3 is 0 Å². The first-order valence-electron chi connectivity index (χ1n) is 10.1.